The van der Waals surface area contributed by atoms with Gasteiger partial charge >= 0.3 is 0 Å². The standard InChI is InChI=1S/C22H33N3O4/c1-4-13-24(18-14-19(29-5-2)22(18)11-6-7-12-22)15-20(26)23-21-16(3)9-8-10-17(21)25(27)28/h8-10,18-19H,4-7,11-15H2,1-3H3,(H,23,26)/t18-,19+/m1/s1. The number of nitrogens with zero attached hydrogens (tertiary/aromatic N) is 2. The van der Waals surface area contributed by atoms with Crippen LogP contribution in [0.25, 0.3) is 0 Å². The van der Waals surface area contributed by atoms with Crippen molar-refractivity contribution >= 4 is 17.3 Å². The molecule has 7 heteroatoms. The van der Waals surface area contributed by atoms with Crippen LogP contribution in [0.1, 0.15) is 57.9 Å². The number of rotatable bonds is 9. The zero-order valence-electron chi connectivity index (χ0n) is 17.8. The van der Waals surface area contributed by atoms with E-state index in [1.54, 1.807) is 19.1 Å². The van der Waals surface area contributed by atoms with E-state index in [9.17, 15) is 14.9 Å². The predicted octanol–water partition coefficient (Wildman–Crippen LogP) is 4.29. The van der Waals surface area contributed by atoms with Gasteiger partial charge in [-0.3, -0.25) is 19.8 Å². The van der Waals surface area contributed by atoms with Gasteiger partial charge in [-0.15, -0.1) is 0 Å². The average Bonchev–Trinajstić information content (AvgIpc) is 3.19. The van der Waals surface area contributed by atoms with Crippen LogP contribution in [0.2, 0.25) is 0 Å². The van der Waals surface area contributed by atoms with Crippen LogP contribution in [-0.2, 0) is 9.53 Å². The number of carbonyl (C=O) groups excluding carboxylic acids is 1. The van der Waals surface area contributed by atoms with Crippen LogP contribution in [0, 0.1) is 22.5 Å². The van der Waals surface area contributed by atoms with Crippen molar-refractivity contribution in [1.29, 1.82) is 0 Å². The number of nitro benzene ring substituents is 1. The maximum absolute atomic E-state index is 12.9. The van der Waals surface area contributed by atoms with E-state index in [0.29, 0.717) is 23.4 Å². The molecule has 2 aliphatic carbocycles. The minimum absolute atomic E-state index is 0.0623. The Labute approximate surface area is 172 Å². The Morgan fingerprint density at radius 1 is 1.34 bits per heavy atom. The second-order valence-electron chi connectivity index (χ2n) is 8.38. The quantitative estimate of drug-likeness (QED) is 0.491. The van der Waals surface area contributed by atoms with E-state index in [1.807, 2.05) is 6.92 Å². The normalized spacial score (nSPS) is 22.6. The molecule has 7 nitrogen and oxygen atoms in total. The Balaban J connectivity index is 1.73. The highest BCUT2D eigenvalue weighted by atomic mass is 16.6. The molecular weight excluding hydrogens is 370 g/mol. The number of carbonyl (C=O) groups is 1. The number of nitro groups is 1. The molecule has 1 aromatic carbocycles. The fraction of sp³-hybridized carbons (Fsp3) is 0.682. The molecule has 160 valence electrons. The molecule has 2 saturated carbocycles. The van der Waals surface area contributed by atoms with Gasteiger partial charge in [0.25, 0.3) is 5.69 Å². The highest BCUT2D eigenvalue weighted by molar-refractivity contribution is 5.95. The van der Waals surface area contributed by atoms with Crippen LogP contribution in [0.4, 0.5) is 11.4 Å². The first-order valence-corrected chi connectivity index (χ1v) is 10.8. The molecule has 1 aromatic rings. The number of hydrogen-bond acceptors (Lipinski definition) is 5. The van der Waals surface area contributed by atoms with Gasteiger partial charge in [-0.25, -0.2) is 0 Å². The number of nitrogens with one attached hydrogen (secondary N) is 1. The Bertz CT molecular complexity index is 746. The second-order valence-corrected chi connectivity index (χ2v) is 8.38. The number of anilines is 1. The van der Waals surface area contributed by atoms with Gasteiger partial charge in [0.1, 0.15) is 5.69 Å². The molecular formula is C22H33N3O4. The number of aryl methyl sites for hydroxylation is 1. The average molecular weight is 404 g/mol. The van der Waals surface area contributed by atoms with E-state index in [-0.39, 0.29) is 23.6 Å². The molecule has 2 aliphatic rings. The minimum atomic E-state index is -0.446. The first-order chi connectivity index (χ1) is 13.9. The van der Waals surface area contributed by atoms with Crippen molar-refractivity contribution in [2.24, 2.45) is 5.41 Å². The third-order valence-electron chi connectivity index (χ3n) is 6.65. The van der Waals surface area contributed by atoms with Gasteiger partial charge in [0.15, 0.2) is 0 Å². The zero-order chi connectivity index (χ0) is 21.0. The van der Waals surface area contributed by atoms with Crippen molar-refractivity contribution in [3.05, 3.63) is 33.9 Å². The lowest BCUT2D eigenvalue weighted by Gasteiger charge is -2.57. The Hall–Kier alpha value is -1.99. The van der Waals surface area contributed by atoms with Gasteiger partial charge in [-0.1, -0.05) is 31.9 Å². The van der Waals surface area contributed by atoms with E-state index >= 15 is 0 Å². The monoisotopic (exact) mass is 403 g/mol. The second kappa shape index (κ2) is 9.22. The smallest absolute Gasteiger partial charge is 0.293 e. The summed E-state index contributed by atoms with van der Waals surface area (Å²) in [6.07, 6.45) is 6.99. The number of amides is 1. The van der Waals surface area contributed by atoms with Crippen LogP contribution in [0.3, 0.4) is 0 Å². The third-order valence-corrected chi connectivity index (χ3v) is 6.65. The number of hydrogen-bond donors (Lipinski definition) is 1. The van der Waals surface area contributed by atoms with Gasteiger partial charge in [0.2, 0.25) is 5.91 Å². The van der Waals surface area contributed by atoms with Crippen molar-refractivity contribution in [2.75, 3.05) is 25.0 Å². The van der Waals surface area contributed by atoms with E-state index in [0.717, 1.165) is 38.8 Å². The van der Waals surface area contributed by atoms with Crippen molar-refractivity contribution in [3.63, 3.8) is 0 Å². The van der Waals surface area contributed by atoms with Gasteiger partial charge < -0.3 is 10.1 Å². The summed E-state index contributed by atoms with van der Waals surface area (Å²) in [5, 5.41) is 14.2. The minimum Gasteiger partial charge on any atom is -0.378 e. The van der Waals surface area contributed by atoms with E-state index in [1.165, 1.54) is 18.9 Å². The summed E-state index contributed by atoms with van der Waals surface area (Å²) in [7, 11) is 0. The number of ether oxygens (including phenoxy) is 1. The summed E-state index contributed by atoms with van der Waals surface area (Å²) in [6, 6.07) is 5.19. The maximum Gasteiger partial charge on any atom is 0.293 e. The summed E-state index contributed by atoms with van der Waals surface area (Å²) >= 11 is 0. The lowest BCUT2D eigenvalue weighted by Crippen LogP contribution is -2.64. The first kappa shape index (κ1) is 21.7. The topological polar surface area (TPSA) is 84.7 Å². The lowest BCUT2D eigenvalue weighted by atomic mass is 9.60. The molecule has 1 spiro atoms. The van der Waals surface area contributed by atoms with Crippen molar-refractivity contribution in [1.82, 2.24) is 4.90 Å². The van der Waals surface area contributed by atoms with E-state index in [4.69, 9.17) is 4.74 Å². The fourth-order valence-electron chi connectivity index (χ4n) is 5.33. The van der Waals surface area contributed by atoms with Gasteiger partial charge in [-0.2, -0.15) is 0 Å². The highest BCUT2D eigenvalue weighted by Crippen LogP contribution is 2.56. The molecule has 0 aliphatic heterocycles. The lowest BCUT2D eigenvalue weighted by molar-refractivity contribution is -0.384. The third kappa shape index (κ3) is 4.31. The molecule has 0 heterocycles. The zero-order valence-corrected chi connectivity index (χ0v) is 17.8. The first-order valence-electron chi connectivity index (χ1n) is 10.8. The molecule has 0 unspecified atom stereocenters. The largest absolute Gasteiger partial charge is 0.378 e. The van der Waals surface area contributed by atoms with Crippen LogP contribution in [-0.4, -0.2) is 47.6 Å². The Morgan fingerprint density at radius 3 is 2.69 bits per heavy atom. The molecule has 2 fully saturated rings. The van der Waals surface area contributed by atoms with Crippen molar-refractivity contribution in [2.45, 2.75) is 71.4 Å². The summed E-state index contributed by atoms with van der Waals surface area (Å²) in [5.41, 5.74) is 1.10. The number of benzene rings is 1. The Kier molecular flexibility index (Phi) is 6.90. The molecule has 0 saturated heterocycles. The SMILES string of the molecule is CCCN(CC(=O)Nc1c(C)cccc1[N+](=O)[O-])[C@@H]1C[C@H](OCC)C12CCCC2. The molecule has 2 atom stereocenters. The summed E-state index contributed by atoms with van der Waals surface area (Å²) in [4.78, 5) is 26.0. The summed E-state index contributed by atoms with van der Waals surface area (Å²) < 4.78 is 6.03. The van der Waals surface area contributed by atoms with Crippen LogP contribution < -0.4 is 5.32 Å². The van der Waals surface area contributed by atoms with E-state index in [2.05, 4.69) is 17.1 Å². The fourth-order valence-corrected chi connectivity index (χ4v) is 5.33. The number of para-hydroxylation sites is 1. The van der Waals surface area contributed by atoms with Crippen molar-refractivity contribution < 1.29 is 14.5 Å². The summed E-state index contributed by atoms with van der Waals surface area (Å²) in [5.74, 6) is -0.191. The molecule has 29 heavy (non-hydrogen) atoms. The summed E-state index contributed by atoms with van der Waals surface area (Å²) in [6.45, 7) is 7.77. The van der Waals surface area contributed by atoms with Crippen LogP contribution >= 0.6 is 0 Å². The molecule has 0 bridgehead atoms. The highest BCUT2D eigenvalue weighted by Gasteiger charge is 2.58. The van der Waals surface area contributed by atoms with Gasteiger partial charge in [0.05, 0.1) is 17.6 Å². The molecule has 1 N–H and O–H groups in total. The van der Waals surface area contributed by atoms with Gasteiger partial charge in [-0.05, 0) is 51.6 Å². The maximum atomic E-state index is 12.9. The molecule has 1 amide bonds. The molecule has 3 rings (SSSR count). The molecule has 0 aromatic heterocycles. The van der Waals surface area contributed by atoms with Crippen LogP contribution in [0.15, 0.2) is 18.2 Å². The van der Waals surface area contributed by atoms with Crippen LogP contribution in [0.5, 0.6) is 0 Å². The predicted molar refractivity (Wildman–Crippen MR) is 113 cm³/mol. The van der Waals surface area contributed by atoms with Crippen molar-refractivity contribution in [3.8, 4) is 0 Å². The Morgan fingerprint density at radius 2 is 2.07 bits per heavy atom. The van der Waals surface area contributed by atoms with E-state index < -0.39 is 4.92 Å². The van der Waals surface area contributed by atoms with Gasteiger partial charge in [0, 0.05) is 24.1 Å². The molecule has 0 radical (unpaired) electrons.